The maximum Gasteiger partial charge on any atom is 0.153 e. The smallest absolute Gasteiger partial charge is 0.153 e. The number of aromatic nitrogens is 1. The summed E-state index contributed by atoms with van der Waals surface area (Å²) in [5.41, 5.74) is 2.55. The minimum absolute atomic E-state index is 0. The Hall–Kier alpha value is -0.406. The van der Waals surface area contributed by atoms with Gasteiger partial charge in [0.1, 0.15) is 0 Å². The van der Waals surface area contributed by atoms with Crippen molar-refractivity contribution in [2.45, 2.75) is 20.8 Å². The number of methoxy groups -OCH3 is 1. The fraction of sp³-hybridized carbons (Fsp3) is 0.364. The van der Waals surface area contributed by atoms with Gasteiger partial charge in [0, 0.05) is 32.7 Å². The van der Waals surface area contributed by atoms with Crippen molar-refractivity contribution in [3.8, 4) is 5.75 Å². The first-order valence-corrected chi connectivity index (χ1v) is 4.35. The van der Waals surface area contributed by atoms with Crippen LogP contribution in [0, 0.1) is 25.1 Å². The van der Waals surface area contributed by atoms with E-state index in [-0.39, 0.29) is 32.7 Å². The van der Waals surface area contributed by atoms with Gasteiger partial charge in [-0.15, -0.1) is 12.6 Å². The molecule has 0 fully saturated rings. The Bertz CT molecular complexity index is 389. The van der Waals surface area contributed by atoms with Crippen molar-refractivity contribution in [1.29, 1.82) is 0 Å². The quantitative estimate of drug-likeness (QED) is 0.470. The molecule has 1 aromatic rings. The van der Waals surface area contributed by atoms with Gasteiger partial charge in [-0.3, -0.25) is 4.73 Å². The van der Waals surface area contributed by atoms with Crippen LogP contribution in [0.25, 0.3) is 5.57 Å². The molecule has 1 rings (SSSR count). The monoisotopic (exact) mass is 281 g/mol. The van der Waals surface area contributed by atoms with E-state index in [2.05, 4.69) is 12.6 Å². The van der Waals surface area contributed by atoms with Crippen molar-refractivity contribution >= 4 is 5.57 Å². The Morgan fingerprint density at radius 1 is 1.47 bits per heavy atom. The first-order valence-electron chi connectivity index (χ1n) is 4.35. The molecule has 1 heterocycles. The van der Waals surface area contributed by atoms with Crippen LogP contribution in [0.15, 0.2) is 6.58 Å². The number of allylic oxidation sites excluding steroid dienone is 1. The second-order valence-electron chi connectivity index (χ2n) is 3.29. The Morgan fingerprint density at radius 2 is 2.00 bits per heavy atom. The average Bonchev–Trinajstić information content (AvgIpc) is 2.12. The molecule has 15 heavy (non-hydrogen) atoms. The molecule has 0 aliphatic rings. The third kappa shape index (κ3) is 2.79. The summed E-state index contributed by atoms with van der Waals surface area (Å²) in [6.45, 7) is 9.10. The van der Waals surface area contributed by atoms with Crippen LogP contribution in [0.5, 0.6) is 5.75 Å². The first-order chi connectivity index (χ1) is 6.49. The van der Waals surface area contributed by atoms with E-state index in [4.69, 9.17) is 4.74 Å². The van der Waals surface area contributed by atoms with E-state index in [9.17, 15) is 5.21 Å². The Morgan fingerprint density at radius 3 is 2.40 bits per heavy atom. The predicted octanol–water partition coefficient (Wildman–Crippen LogP) is 1.78. The summed E-state index contributed by atoms with van der Waals surface area (Å²) in [6.07, 6.45) is 0. The van der Waals surface area contributed by atoms with Gasteiger partial charge in [0.25, 0.3) is 0 Å². The zero-order valence-electron chi connectivity index (χ0n) is 9.55. The van der Waals surface area contributed by atoms with Crippen molar-refractivity contribution in [1.82, 2.24) is 0 Å². The molecular formula is C11H14NO2Y-. The molecule has 0 amide bonds. The molecule has 0 aromatic carbocycles. The molecule has 0 saturated carbocycles. The summed E-state index contributed by atoms with van der Waals surface area (Å²) in [6, 6.07) is 3.01. The fourth-order valence-corrected chi connectivity index (χ4v) is 1.25. The van der Waals surface area contributed by atoms with E-state index < -0.39 is 0 Å². The van der Waals surface area contributed by atoms with E-state index in [1.165, 1.54) is 7.11 Å². The SMILES string of the molecule is C=C(C)c1c(OC)[c-]c(C)c(C)[n+]1[O-].[Y]. The van der Waals surface area contributed by atoms with Gasteiger partial charge in [-0.25, -0.2) is 0 Å². The Balaban J connectivity index is 0.00000196. The predicted molar refractivity (Wildman–Crippen MR) is 55.0 cm³/mol. The molecule has 4 heteroatoms. The largest absolute Gasteiger partial charge is 0.640 e. The first kappa shape index (κ1) is 14.6. The van der Waals surface area contributed by atoms with Crippen LogP contribution in [0.4, 0.5) is 0 Å². The number of ether oxygens (including phenoxy) is 1. The number of aryl methyl sites for hydroxylation is 1. The van der Waals surface area contributed by atoms with Crippen molar-refractivity contribution in [3.63, 3.8) is 0 Å². The van der Waals surface area contributed by atoms with Gasteiger partial charge in [-0.05, 0) is 19.4 Å². The van der Waals surface area contributed by atoms with Crippen LogP contribution < -0.4 is 9.47 Å². The number of nitrogens with zero attached hydrogens (tertiary/aromatic N) is 1. The molecule has 0 N–H and O–H groups in total. The third-order valence-corrected chi connectivity index (χ3v) is 2.17. The summed E-state index contributed by atoms with van der Waals surface area (Å²) in [5.74, 6) is 0.454. The molecule has 0 aliphatic carbocycles. The van der Waals surface area contributed by atoms with E-state index in [1.807, 2.05) is 6.92 Å². The summed E-state index contributed by atoms with van der Waals surface area (Å²) in [7, 11) is 1.52. The molecule has 0 saturated heterocycles. The molecule has 0 spiro atoms. The number of hydrogen-bond donors (Lipinski definition) is 0. The van der Waals surface area contributed by atoms with Crippen molar-refractivity contribution in [2.75, 3.05) is 7.11 Å². The van der Waals surface area contributed by atoms with Crippen LogP contribution in [0.3, 0.4) is 0 Å². The van der Waals surface area contributed by atoms with Crippen LogP contribution in [-0.4, -0.2) is 7.11 Å². The van der Waals surface area contributed by atoms with Crippen LogP contribution in [0.2, 0.25) is 0 Å². The maximum atomic E-state index is 11.8. The molecule has 0 bridgehead atoms. The van der Waals surface area contributed by atoms with E-state index in [1.54, 1.807) is 13.8 Å². The Kier molecular flexibility index (Phi) is 5.46. The number of rotatable bonds is 2. The van der Waals surface area contributed by atoms with Crippen molar-refractivity contribution < 1.29 is 42.2 Å². The van der Waals surface area contributed by atoms with Crippen LogP contribution in [-0.2, 0) is 32.7 Å². The number of pyridine rings is 1. The second kappa shape index (κ2) is 5.62. The van der Waals surface area contributed by atoms with Gasteiger partial charge in [-0.1, -0.05) is 12.5 Å². The van der Waals surface area contributed by atoms with Crippen LogP contribution >= 0.6 is 0 Å². The van der Waals surface area contributed by atoms with Gasteiger partial charge in [0.15, 0.2) is 5.69 Å². The maximum absolute atomic E-state index is 11.8. The Labute approximate surface area is 116 Å². The van der Waals surface area contributed by atoms with E-state index in [0.717, 1.165) is 10.3 Å². The molecular weight excluding hydrogens is 267 g/mol. The van der Waals surface area contributed by atoms with Crippen molar-refractivity contribution in [2.24, 2.45) is 0 Å². The summed E-state index contributed by atoms with van der Waals surface area (Å²) >= 11 is 0. The summed E-state index contributed by atoms with van der Waals surface area (Å²) in [5, 5.41) is 11.8. The fourth-order valence-electron chi connectivity index (χ4n) is 1.25. The minimum Gasteiger partial charge on any atom is -0.640 e. The van der Waals surface area contributed by atoms with Crippen LogP contribution in [0.1, 0.15) is 23.9 Å². The average molecular weight is 281 g/mol. The normalized spacial score (nSPS) is 9.33. The van der Waals surface area contributed by atoms with Crippen molar-refractivity contribution in [3.05, 3.63) is 34.8 Å². The van der Waals surface area contributed by atoms with Gasteiger partial charge in [-0.2, -0.15) is 0 Å². The summed E-state index contributed by atoms with van der Waals surface area (Å²) < 4.78 is 5.93. The van der Waals surface area contributed by atoms with Gasteiger partial charge in [0.2, 0.25) is 0 Å². The van der Waals surface area contributed by atoms with Gasteiger partial charge >= 0.3 is 0 Å². The topological polar surface area (TPSA) is 36.2 Å². The zero-order chi connectivity index (χ0) is 10.9. The van der Waals surface area contributed by atoms with Gasteiger partial charge < -0.3 is 9.94 Å². The number of hydrogen-bond acceptors (Lipinski definition) is 2. The summed E-state index contributed by atoms with van der Waals surface area (Å²) in [4.78, 5) is 0. The van der Waals surface area contributed by atoms with E-state index >= 15 is 0 Å². The molecule has 3 nitrogen and oxygen atoms in total. The molecule has 0 atom stereocenters. The minimum atomic E-state index is 0. The van der Waals surface area contributed by atoms with Gasteiger partial charge in [0.05, 0.1) is 18.6 Å². The molecule has 1 aromatic heterocycles. The molecule has 0 unspecified atom stereocenters. The zero-order valence-corrected chi connectivity index (χ0v) is 12.4. The molecule has 79 valence electrons. The molecule has 0 aliphatic heterocycles. The standard InChI is InChI=1S/C11H14NO2.Y/c1-7(2)11-10(14-5)6-8(3)9(4)12(11)13;/h1H2,2-5H3;/q-1;. The second-order valence-corrected chi connectivity index (χ2v) is 3.29. The third-order valence-electron chi connectivity index (χ3n) is 2.17. The van der Waals surface area contributed by atoms with E-state index in [0.29, 0.717) is 22.7 Å². The molecule has 1 radical (unpaired) electrons.